The van der Waals surface area contributed by atoms with E-state index in [2.05, 4.69) is 5.32 Å². The molecule has 3 N–H and O–H groups in total. The molecule has 0 saturated carbocycles. The number of nitrogen functional groups attached to an aromatic ring is 1. The van der Waals surface area contributed by atoms with Gasteiger partial charge >= 0.3 is 0 Å². The Morgan fingerprint density at radius 3 is 3.12 bits per heavy atom. The van der Waals surface area contributed by atoms with E-state index >= 15 is 0 Å². The Hall–Kier alpha value is -1.42. The Balaban J connectivity index is 1.96. The number of anilines is 2. The second-order valence-corrected chi connectivity index (χ2v) is 3.97. The summed E-state index contributed by atoms with van der Waals surface area (Å²) >= 11 is 0. The number of benzene rings is 1. The third kappa shape index (κ3) is 2.58. The smallest absolute Gasteiger partial charge is 0.121 e. The molecule has 1 unspecified atom stereocenters. The van der Waals surface area contributed by atoms with Crippen molar-refractivity contribution in [3.63, 3.8) is 0 Å². The first-order valence-electron chi connectivity index (χ1n) is 5.58. The summed E-state index contributed by atoms with van der Waals surface area (Å²) in [6.45, 7) is 1.68. The van der Waals surface area contributed by atoms with Gasteiger partial charge in [-0.3, -0.25) is 0 Å². The Kier molecular flexibility index (Phi) is 3.51. The summed E-state index contributed by atoms with van der Waals surface area (Å²) in [6.07, 6.45) is 2.59. The van der Waals surface area contributed by atoms with Crippen molar-refractivity contribution in [1.82, 2.24) is 0 Å². The molecule has 0 bridgehead atoms. The van der Waals surface area contributed by atoms with Gasteiger partial charge in [-0.05, 0) is 25.0 Å². The first kappa shape index (κ1) is 11.1. The van der Waals surface area contributed by atoms with Gasteiger partial charge in [0.15, 0.2) is 0 Å². The number of ether oxygens (including phenoxy) is 2. The second kappa shape index (κ2) is 5.07. The fourth-order valence-corrected chi connectivity index (χ4v) is 1.84. The van der Waals surface area contributed by atoms with Gasteiger partial charge < -0.3 is 20.5 Å². The van der Waals surface area contributed by atoms with E-state index in [1.807, 2.05) is 18.2 Å². The van der Waals surface area contributed by atoms with Crippen molar-refractivity contribution in [2.45, 2.75) is 18.9 Å². The number of hydrogen-bond donors (Lipinski definition) is 2. The first-order valence-corrected chi connectivity index (χ1v) is 5.58. The predicted molar refractivity (Wildman–Crippen MR) is 64.9 cm³/mol. The largest absolute Gasteiger partial charge is 0.497 e. The SMILES string of the molecule is COc1ccc(N)c(NCC2CCCO2)c1. The van der Waals surface area contributed by atoms with Crippen LogP contribution in [0.15, 0.2) is 18.2 Å². The minimum absolute atomic E-state index is 0.311. The van der Waals surface area contributed by atoms with Crippen molar-refractivity contribution in [3.05, 3.63) is 18.2 Å². The average Bonchev–Trinajstić information content (AvgIpc) is 2.81. The van der Waals surface area contributed by atoms with E-state index in [1.165, 1.54) is 0 Å². The average molecular weight is 222 g/mol. The summed E-state index contributed by atoms with van der Waals surface area (Å²) < 4.78 is 10.7. The Bertz CT molecular complexity index is 349. The molecule has 1 aromatic carbocycles. The van der Waals surface area contributed by atoms with Gasteiger partial charge in [0.25, 0.3) is 0 Å². The van der Waals surface area contributed by atoms with E-state index in [0.717, 1.165) is 43.1 Å². The maximum absolute atomic E-state index is 5.87. The zero-order chi connectivity index (χ0) is 11.4. The fraction of sp³-hybridized carbons (Fsp3) is 0.500. The quantitative estimate of drug-likeness (QED) is 0.764. The van der Waals surface area contributed by atoms with Crippen LogP contribution in [0.1, 0.15) is 12.8 Å². The highest BCUT2D eigenvalue weighted by Crippen LogP contribution is 2.25. The summed E-state index contributed by atoms with van der Waals surface area (Å²) in [5.41, 5.74) is 7.52. The molecule has 1 heterocycles. The molecule has 0 radical (unpaired) electrons. The van der Waals surface area contributed by atoms with E-state index in [0.29, 0.717) is 6.10 Å². The second-order valence-electron chi connectivity index (χ2n) is 3.97. The van der Waals surface area contributed by atoms with Crippen molar-refractivity contribution in [2.24, 2.45) is 0 Å². The number of methoxy groups -OCH3 is 1. The highest BCUT2D eigenvalue weighted by atomic mass is 16.5. The van der Waals surface area contributed by atoms with E-state index in [-0.39, 0.29) is 0 Å². The minimum Gasteiger partial charge on any atom is -0.497 e. The molecule has 1 aliphatic heterocycles. The molecule has 1 aromatic rings. The third-order valence-electron chi connectivity index (χ3n) is 2.80. The first-order chi connectivity index (χ1) is 7.79. The molecule has 0 spiro atoms. The predicted octanol–water partition coefficient (Wildman–Crippen LogP) is 1.87. The van der Waals surface area contributed by atoms with Crippen LogP contribution in [0.5, 0.6) is 5.75 Å². The molecule has 1 atom stereocenters. The molecule has 1 aliphatic rings. The van der Waals surface area contributed by atoms with Crippen LogP contribution in [-0.2, 0) is 4.74 Å². The summed E-state index contributed by atoms with van der Waals surface area (Å²) in [7, 11) is 1.65. The monoisotopic (exact) mass is 222 g/mol. The minimum atomic E-state index is 0.311. The van der Waals surface area contributed by atoms with Gasteiger partial charge in [0.2, 0.25) is 0 Å². The van der Waals surface area contributed by atoms with Crippen LogP contribution in [0, 0.1) is 0 Å². The highest BCUT2D eigenvalue weighted by molar-refractivity contribution is 5.68. The molecule has 0 aromatic heterocycles. The Labute approximate surface area is 95.7 Å². The van der Waals surface area contributed by atoms with Crippen molar-refractivity contribution < 1.29 is 9.47 Å². The summed E-state index contributed by atoms with van der Waals surface area (Å²) in [5.74, 6) is 0.809. The summed E-state index contributed by atoms with van der Waals surface area (Å²) in [5, 5.41) is 3.30. The van der Waals surface area contributed by atoms with Crippen LogP contribution in [0.4, 0.5) is 11.4 Å². The van der Waals surface area contributed by atoms with Crippen LogP contribution in [0.25, 0.3) is 0 Å². The van der Waals surface area contributed by atoms with Crippen LogP contribution >= 0.6 is 0 Å². The lowest BCUT2D eigenvalue weighted by Gasteiger charge is -2.14. The highest BCUT2D eigenvalue weighted by Gasteiger charge is 2.15. The van der Waals surface area contributed by atoms with Crippen molar-refractivity contribution in [1.29, 1.82) is 0 Å². The number of hydrogen-bond acceptors (Lipinski definition) is 4. The van der Waals surface area contributed by atoms with E-state index in [1.54, 1.807) is 7.11 Å². The maximum Gasteiger partial charge on any atom is 0.121 e. The van der Waals surface area contributed by atoms with Gasteiger partial charge in [-0.25, -0.2) is 0 Å². The van der Waals surface area contributed by atoms with Crippen LogP contribution in [0.2, 0.25) is 0 Å². The Morgan fingerprint density at radius 1 is 1.56 bits per heavy atom. The van der Waals surface area contributed by atoms with Crippen molar-refractivity contribution in [3.8, 4) is 5.75 Å². The van der Waals surface area contributed by atoms with Crippen LogP contribution < -0.4 is 15.8 Å². The standard InChI is InChI=1S/C12H18N2O2/c1-15-9-4-5-11(13)12(7-9)14-8-10-3-2-6-16-10/h4-5,7,10,14H,2-3,6,8,13H2,1H3. The van der Waals surface area contributed by atoms with Crippen LogP contribution in [0.3, 0.4) is 0 Å². The molecular formula is C12H18N2O2. The zero-order valence-corrected chi connectivity index (χ0v) is 9.53. The van der Waals surface area contributed by atoms with Gasteiger partial charge in [0, 0.05) is 19.2 Å². The van der Waals surface area contributed by atoms with Crippen molar-refractivity contribution >= 4 is 11.4 Å². The summed E-state index contributed by atoms with van der Waals surface area (Å²) in [4.78, 5) is 0. The molecule has 1 saturated heterocycles. The number of nitrogens with one attached hydrogen (secondary N) is 1. The van der Waals surface area contributed by atoms with Gasteiger partial charge in [-0.1, -0.05) is 0 Å². The molecule has 2 rings (SSSR count). The van der Waals surface area contributed by atoms with Crippen LogP contribution in [-0.4, -0.2) is 26.4 Å². The molecule has 4 nitrogen and oxygen atoms in total. The number of rotatable bonds is 4. The van der Waals surface area contributed by atoms with Crippen molar-refractivity contribution in [2.75, 3.05) is 31.3 Å². The summed E-state index contributed by atoms with van der Waals surface area (Å²) in [6, 6.07) is 5.60. The molecule has 88 valence electrons. The normalized spacial score (nSPS) is 19.7. The molecule has 0 amide bonds. The maximum atomic E-state index is 5.87. The third-order valence-corrected chi connectivity index (χ3v) is 2.80. The fourth-order valence-electron chi connectivity index (χ4n) is 1.84. The van der Waals surface area contributed by atoms with Gasteiger partial charge in [-0.15, -0.1) is 0 Å². The molecule has 1 fully saturated rings. The van der Waals surface area contributed by atoms with E-state index in [4.69, 9.17) is 15.2 Å². The lowest BCUT2D eigenvalue weighted by molar-refractivity contribution is 0.120. The zero-order valence-electron chi connectivity index (χ0n) is 9.53. The van der Waals surface area contributed by atoms with Gasteiger partial charge in [0.1, 0.15) is 5.75 Å². The molecule has 4 heteroatoms. The topological polar surface area (TPSA) is 56.5 Å². The lowest BCUT2D eigenvalue weighted by atomic mass is 10.2. The lowest BCUT2D eigenvalue weighted by Crippen LogP contribution is -2.18. The molecule has 16 heavy (non-hydrogen) atoms. The number of nitrogens with two attached hydrogens (primary N) is 1. The Morgan fingerprint density at radius 2 is 2.44 bits per heavy atom. The molecular weight excluding hydrogens is 204 g/mol. The van der Waals surface area contributed by atoms with E-state index in [9.17, 15) is 0 Å². The van der Waals surface area contributed by atoms with Gasteiger partial charge in [0.05, 0.1) is 24.6 Å². The molecule has 0 aliphatic carbocycles. The van der Waals surface area contributed by atoms with Gasteiger partial charge in [-0.2, -0.15) is 0 Å². The van der Waals surface area contributed by atoms with E-state index < -0.39 is 0 Å².